The molecule has 0 unspecified atom stereocenters. The third-order valence-electron chi connectivity index (χ3n) is 2.92. The predicted molar refractivity (Wildman–Crippen MR) is 57.9 cm³/mol. The molecule has 4 heteroatoms. The molecule has 1 aliphatic heterocycles. The Labute approximate surface area is 88.5 Å². The topological polar surface area (TPSA) is 55.2 Å². The van der Waals surface area contributed by atoms with Crippen LogP contribution in [-0.4, -0.2) is 18.0 Å². The normalized spacial score (nSPS) is 16.1. The SMILES string of the molecule is Cc1ccc([N+](=O)[O-])cc1CC1CNC1. The number of nitro groups is 1. The van der Waals surface area contributed by atoms with Crippen molar-refractivity contribution in [1.82, 2.24) is 5.32 Å². The van der Waals surface area contributed by atoms with Gasteiger partial charge in [0.1, 0.15) is 0 Å². The lowest BCUT2D eigenvalue weighted by Gasteiger charge is -2.27. The van der Waals surface area contributed by atoms with Gasteiger partial charge in [0.05, 0.1) is 4.92 Å². The molecule has 0 bridgehead atoms. The Hall–Kier alpha value is -1.42. The third-order valence-corrected chi connectivity index (χ3v) is 2.92. The van der Waals surface area contributed by atoms with Gasteiger partial charge in [-0.3, -0.25) is 10.1 Å². The summed E-state index contributed by atoms with van der Waals surface area (Å²) in [6.07, 6.45) is 0.945. The van der Waals surface area contributed by atoms with Gasteiger partial charge in [-0.25, -0.2) is 0 Å². The minimum absolute atomic E-state index is 0.197. The van der Waals surface area contributed by atoms with Crippen LogP contribution >= 0.6 is 0 Å². The fraction of sp³-hybridized carbons (Fsp3) is 0.455. The van der Waals surface area contributed by atoms with Crippen molar-refractivity contribution in [2.75, 3.05) is 13.1 Å². The van der Waals surface area contributed by atoms with Gasteiger partial charge in [0.2, 0.25) is 0 Å². The van der Waals surface area contributed by atoms with Crippen molar-refractivity contribution in [3.63, 3.8) is 0 Å². The molecule has 1 aromatic rings. The first-order valence-electron chi connectivity index (χ1n) is 5.11. The van der Waals surface area contributed by atoms with Crippen LogP contribution in [0.1, 0.15) is 11.1 Å². The summed E-state index contributed by atoms with van der Waals surface area (Å²) in [7, 11) is 0. The molecular formula is C11H14N2O2. The zero-order chi connectivity index (χ0) is 10.8. The maximum Gasteiger partial charge on any atom is 0.269 e. The predicted octanol–water partition coefficient (Wildman–Crippen LogP) is 1.67. The molecule has 0 spiro atoms. The number of non-ortho nitro benzene ring substituents is 1. The molecule has 1 saturated heterocycles. The summed E-state index contributed by atoms with van der Waals surface area (Å²) in [5, 5.41) is 13.8. The van der Waals surface area contributed by atoms with E-state index in [1.165, 1.54) is 0 Å². The maximum absolute atomic E-state index is 10.6. The molecular weight excluding hydrogens is 192 g/mol. The van der Waals surface area contributed by atoms with Crippen molar-refractivity contribution < 1.29 is 4.92 Å². The zero-order valence-electron chi connectivity index (χ0n) is 8.69. The Morgan fingerprint density at radius 2 is 2.27 bits per heavy atom. The van der Waals surface area contributed by atoms with Gasteiger partial charge < -0.3 is 5.32 Å². The molecule has 1 N–H and O–H groups in total. The van der Waals surface area contributed by atoms with Crippen molar-refractivity contribution in [1.29, 1.82) is 0 Å². The summed E-state index contributed by atoms with van der Waals surface area (Å²) >= 11 is 0. The van der Waals surface area contributed by atoms with Crippen molar-refractivity contribution >= 4 is 5.69 Å². The first-order chi connectivity index (χ1) is 7.16. The van der Waals surface area contributed by atoms with Gasteiger partial charge in [-0.05, 0) is 43.5 Å². The quantitative estimate of drug-likeness (QED) is 0.604. The molecule has 0 atom stereocenters. The lowest BCUT2D eigenvalue weighted by molar-refractivity contribution is -0.384. The highest BCUT2D eigenvalue weighted by molar-refractivity contribution is 5.39. The number of nitro benzene ring substituents is 1. The van der Waals surface area contributed by atoms with Crippen molar-refractivity contribution in [2.45, 2.75) is 13.3 Å². The van der Waals surface area contributed by atoms with Crippen molar-refractivity contribution in [3.05, 3.63) is 39.4 Å². The van der Waals surface area contributed by atoms with Crippen LogP contribution in [-0.2, 0) is 6.42 Å². The number of hydrogen-bond donors (Lipinski definition) is 1. The lowest BCUT2D eigenvalue weighted by atomic mass is 9.92. The van der Waals surface area contributed by atoms with E-state index in [4.69, 9.17) is 0 Å². The fourth-order valence-corrected chi connectivity index (χ4v) is 1.80. The minimum Gasteiger partial charge on any atom is -0.316 e. The highest BCUT2D eigenvalue weighted by atomic mass is 16.6. The molecule has 1 fully saturated rings. The van der Waals surface area contributed by atoms with Gasteiger partial charge >= 0.3 is 0 Å². The molecule has 2 rings (SSSR count). The highest BCUT2D eigenvalue weighted by Crippen LogP contribution is 2.21. The molecule has 4 nitrogen and oxygen atoms in total. The van der Waals surface area contributed by atoms with Gasteiger partial charge in [0.15, 0.2) is 0 Å². The first-order valence-corrected chi connectivity index (χ1v) is 5.11. The van der Waals surface area contributed by atoms with E-state index in [9.17, 15) is 10.1 Å². The van der Waals surface area contributed by atoms with Crippen molar-refractivity contribution in [3.8, 4) is 0 Å². The Morgan fingerprint density at radius 3 is 2.80 bits per heavy atom. The van der Waals surface area contributed by atoms with Crippen LogP contribution in [0.2, 0.25) is 0 Å². The summed E-state index contributed by atoms with van der Waals surface area (Å²) in [6.45, 7) is 4.06. The lowest BCUT2D eigenvalue weighted by Crippen LogP contribution is -2.43. The van der Waals surface area contributed by atoms with Crippen LogP contribution in [0.4, 0.5) is 5.69 Å². The maximum atomic E-state index is 10.6. The second-order valence-corrected chi connectivity index (χ2v) is 4.10. The number of rotatable bonds is 3. The molecule has 15 heavy (non-hydrogen) atoms. The second-order valence-electron chi connectivity index (χ2n) is 4.10. The van der Waals surface area contributed by atoms with E-state index in [0.717, 1.165) is 30.6 Å². The number of nitrogens with zero attached hydrogens (tertiary/aromatic N) is 1. The Kier molecular flexibility index (Phi) is 2.68. The van der Waals surface area contributed by atoms with Crippen LogP contribution in [0.5, 0.6) is 0 Å². The number of hydrogen-bond acceptors (Lipinski definition) is 3. The van der Waals surface area contributed by atoms with Crippen LogP contribution in [0.15, 0.2) is 18.2 Å². The summed E-state index contributed by atoms with van der Waals surface area (Å²) in [5.74, 6) is 0.644. The Bertz CT molecular complexity index is 386. The summed E-state index contributed by atoms with van der Waals surface area (Å²) in [5.41, 5.74) is 2.45. The fourth-order valence-electron chi connectivity index (χ4n) is 1.80. The molecule has 80 valence electrons. The molecule has 0 amide bonds. The number of aryl methyl sites for hydroxylation is 1. The summed E-state index contributed by atoms with van der Waals surface area (Å²) in [6, 6.07) is 5.10. The average Bonchev–Trinajstić information content (AvgIpc) is 2.13. The number of nitrogens with one attached hydrogen (secondary N) is 1. The molecule has 1 aliphatic rings. The molecule has 1 aromatic carbocycles. The van der Waals surface area contributed by atoms with Crippen LogP contribution in [0.25, 0.3) is 0 Å². The highest BCUT2D eigenvalue weighted by Gasteiger charge is 2.19. The van der Waals surface area contributed by atoms with Crippen LogP contribution in [0, 0.1) is 23.0 Å². The van der Waals surface area contributed by atoms with E-state index in [0.29, 0.717) is 5.92 Å². The molecule has 1 heterocycles. The third kappa shape index (κ3) is 2.15. The van der Waals surface area contributed by atoms with Gasteiger partial charge in [0, 0.05) is 12.1 Å². The monoisotopic (exact) mass is 206 g/mol. The van der Waals surface area contributed by atoms with Gasteiger partial charge in [-0.1, -0.05) is 6.07 Å². The van der Waals surface area contributed by atoms with E-state index in [-0.39, 0.29) is 10.6 Å². The van der Waals surface area contributed by atoms with E-state index < -0.39 is 0 Å². The molecule has 0 saturated carbocycles. The summed E-state index contributed by atoms with van der Waals surface area (Å²) in [4.78, 5) is 10.3. The minimum atomic E-state index is -0.331. The average molecular weight is 206 g/mol. The standard InChI is InChI=1S/C11H14N2O2/c1-8-2-3-11(13(14)15)5-10(8)4-9-6-12-7-9/h2-3,5,9,12H,4,6-7H2,1H3. The largest absolute Gasteiger partial charge is 0.316 e. The van der Waals surface area contributed by atoms with Gasteiger partial charge in [-0.2, -0.15) is 0 Å². The molecule has 0 aliphatic carbocycles. The van der Waals surface area contributed by atoms with E-state index in [2.05, 4.69) is 5.32 Å². The van der Waals surface area contributed by atoms with E-state index >= 15 is 0 Å². The molecule has 0 aromatic heterocycles. The Balaban J connectivity index is 2.19. The van der Waals surface area contributed by atoms with Gasteiger partial charge in [-0.15, -0.1) is 0 Å². The summed E-state index contributed by atoms with van der Waals surface area (Å²) < 4.78 is 0. The number of benzene rings is 1. The Morgan fingerprint density at radius 1 is 1.53 bits per heavy atom. The smallest absolute Gasteiger partial charge is 0.269 e. The van der Waals surface area contributed by atoms with Crippen LogP contribution < -0.4 is 5.32 Å². The van der Waals surface area contributed by atoms with Crippen LogP contribution in [0.3, 0.4) is 0 Å². The first kappa shape index (κ1) is 10.1. The second kappa shape index (κ2) is 3.98. The van der Waals surface area contributed by atoms with Crippen molar-refractivity contribution in [2.24, 2.45) is 5.92 Å². The molecule has 0 radical (unpaired) electrons. The zero-order valence-corrected chi connectivity index (χ0v) is 8.69. The van der Waals surface area contributed by atoms with E-state index in [1.54, 1.807) is 12.1 Å². The van der Waals surface area contributed by atoms with Gasteiger partial charge in [0.25, 0.3) is 5.69 Å². The van der Waals surface area contributed by atoms with E-state index in [1.807, 2.05) is 13.0 Å².